The van der Waals surface area contributed by atoms with E-state index in [2.05, 4.69) is 63.0 Å². The van der Waals surface area contributed by atoms with Crippen molar-refractivity contribution < 1.29 is 0 Å². The average molecular weight is 319 g/mol. The third kappa shape index (κ3) is 3.28. The minimum atomic E-state index is 0.807. The lowest BCUT2D eigenvalue weighted by atomic mass is 9.98. The van der Waals surface area contributed by atoms with Gasteiger partial charge in [-0.25, -0.2) is 0 Å². The summed E-state index contributed by atoms with van der Waals surface area (Å²) in [6.07, 6.45) is 2.57. The van der Waals surface area contributed by atoms with Crippen LogP contribution in [0.3, 0.4) is 0 Å². The van der Waals surface area contributed by atoms with E-state index in [-0.39, 0.29) is 0 Å². The van der Waals surface area contributed by atoms with Crippen molar-refractivity contribution in [2.24, 2.45) is 5.92 Å². The van der Waals surface area contributed by atoms with Crippen molar-refractivity contribution >= 4 is 32.4 Å². The van der Waals surface area contributed by atoms with E-state index in [4.69, 9.17) is 0 Å². The number of rotatable bonds is 3. The highest BCUT2D eigenvalue weighted by Gasteiger charge is 2.12. The smallest absolute Gasteiger partial charge is 0.0346 e. The lowest BCUT2D eigenvalue weighted by Crippen LogP contribution is -2.31. The van der Waals surface area contributed by atoms with Gasteiger partial charge in [0, 0.05) is 16.7 Å². The van der Waals surface area contributed by atoms with Crippen LogP contribution in [0.1, 0.15) is 12.8 Å². The van der Waals surface area contributed by atoms with Crippen LogP contribution in [-0.4, -0.2) is 19.6 Å². The SMILES string of the molecule is Brc1ccc2cc(NCC3CCNCC3)ccc2c1. The van der Waals surface area contributed by atoms with E-state index in [1.807, 2.05) is 0 Å². The summed E-state index contributed by atoms with van der Waals surface area (Å²) in [5.74, 6) is 0.807. The van der Waals surface area contributed by atoms with E-state index in [1.54, 1.807) is 0 Å². The molecular formula is C16H19BrN2. The van der Waals surface area contributed by atoms with Crippen LogP contribution in [0.25, 0.3) is 10.8 Å². The highest BCUT2D eigenvalue weighted by Crippen LogP contribution is 2.23. The van der Waals surface area contributed by atoms with Crippen molar-refractivity contribution in [3.8, 4) is 0 Å². The van der Waals surface area contributed by atoms with Crippen molar-refractivity contribution in [1.82, 2.24) is 5.32 Å². The van der Waals surface area contributed by atoms with Crippen LogP contribution in [0.2, 0.25) is 0 Å². The lowest BCUT2D eigenvalue weighted by molar-refractivity contribution is 0.390. The third-order valence-corrected chi connectivity index (χ3v) is 4.35. The maximum atomic E-state index is 3.58. The van der Waals surface area contributed by atoms with Crippen molar-refractivity contribution in [2.45, 2.75) is 12.8 Å². The number of nitrogens with one attached hydrogen (secondary N) is 2. The maximum Gasteiger partial charge on any atom is 0.0346 e. The molecule has 0 amide bonds. The van der Waals surface area contributed by atoms with Gasteiger partial charge in [-0.2, -0.15) is 0 Å². The molecule has 1 aliphatic heterocycles. The Bertz CT molecular complexity index is 562. The molecule has 2 aromatic rings. The fourth-order valence-electron chi connectivity index (χ4n) is 2.67. The molecule has 0 aromatic heterocycles. The molecule has 0 unspecified atom stereocenters. The summed E-state index contributed by atoms with van der Waals surface area (Å²) >= 11 is 3.51. The molecule has 1 saturated heterocycles. The van der Waals surface area contributed by atoms with Gasteiger partial charge in [-0.05, 0) is 66.9 Å². The number of fused-ring (bicyclic) bond motifs is 1. The molecular weight excluding hydrogens is 300 g/mol. The Balaban J connectivity index is 1.69. The first-order valence-corrected chi connectivity index (χ1v) is 7.74. The predicted octanol–water partition coefficient (Wildman–Crippen LogP) is 4.01. The first-order valence-electron chi connectivity index (χ1n) is 6.95. The molecule has 2 aromatic carbocycles. The molecule has 1 fully saturated rings. The Morgan fingerprint density at radius 3 is 2.63 bits per heavy atom. The van der Waals surface area contributed by atoms with Crippen LogP contribution in [-0.2, 0) is 0 Å². The third-order valence-electron chi connectivity index (χ3n) is 3.86. The Kier molecular flexibility index (Phi) is 4.04. The quantitative estimate of drug-likeness (QED) is 0.893. The Hall–Kier alpha value is -1.06. The summed E-state index contributed by atoms with van der Waals surface area (Å²) in [6, 6.07) is 13.0. The second kappa shape index (κ2) is 5.93. The summed E-state index contributed by atoms with van der Waals surface area (Å²) in [4.78, 5) is 0. The summed E-state index contributed by atoms with van der Waals surface area (Å²) in [5.41, 5.74) is 1.23. The number of halogens is 1. The number of hydrogen-bond acceptors (Lipinski definition) is 2. The minimum Gasteiger partial charge on any atom is -0.385 e. The van der Waals surface area contributed by atoms with Crippen LogP contribution < -0.4 is 10.6 Å². The van der Waals surface area contributed by atoms with Crippen LogP contribution in [0.5, 0.6) is 0 Å². The van der Waals surface area contributed by atoms with E-state index in [9.17, 15) is 0 Å². The molecule has 3 rings (SSSR count). The molecule has 19 heavy (non-hydrogen) atoms. The molecule has 0 radical (unpaired) electrons. The zero-order valence-corrected chi connectivity index (χ0v) is 12.5. The molecule has 2 N–H and O–H groups in total. The van der Waals surface area contributed by atoms with Crippen molar-refractivity contribution in [2.75, 3.05) is 25.0 Å². The summed E-state index contributed by atoms with van der Waals surface area (Å²) < 4.78 is 1.13. The van der Waals surface area contributed by atoms with Gasteiger partial charge in [0.2, 0.25) is 0 Å². The van der Waals surface area contributed by atoms with E-state index < -0.39 is 0 Å². The summed E-state index contributed by atoms with van der Waals surface area (Å²) in [5, 5.41) is 9.56. The predicted molar refractivity (Wildman–Crippen MR) is 85.7 cm³/mol. The molecule has 0 saturated carbocycles. The Labute approximate surface area is 122 Å². The summed E-state index contributed by atoms with van der Waals surface area (Å²) in [7, 11) is 0. The molecule has 1 heterocycles. The Morgan fingerprint density at radius 2 is 1.79 bits per heavy atom. The van der Waals surface area contributed by atoms with E-state index >= 15 is 0 Å². The largest absolute Gasteiger partial charge is 0.385 e. The van der Waals surface area contributed by atoms with Crippen LogP contribution in [0.4, 0.5) is 5.69 Å². The fraction of sp³-hybridized carbons (Fsp3) is 0.375. The van der Waals surface area contributed by atoms with Gasteiger partial charge in [-0.15, -0.1) is 0 Å². The molecule has 0 bridgehead atoms. The highest BCUT2D eigenvalue weighted by atomic mass is 79.9. The van der Waals surface area contributed by atoms with Gasteiger partial charge in [0.1, 0.15) is 0 Å². The molecule has 2 nitrogen and oxygen atoms in total. The van der Waals surface area contributed by atoms with Gasteiger partial charge in [0.15, 0.2) is 0 Å². The molecule has 3 heteroatoms. The highest BCUT2D eigenvalue weighted by molar-refractivity contribution is 9.10. The molecule has 100 valence electrons. The standard InChI is InChI=1S/C16H19BrN2/c17-15-3-1-14-10-16(4-2-13(14)9-15)19-11-12-5-7-18-8-6-12/h1-4,9-10,12,18-19H,5-8,11H2. The number of piperidine rings is 1. The molecule has 1 aliphatic rings. The monoisotopic (exact) mass is 318 g/mol. The van der Waals surface area contributed by atoms with Crippen molar-refractivity contribution in [3.63, 3.8) is 0 Å². The number of anilines is 1. The van der Waals surface area contributed by atoms with Crippen molar-refractivity contribution in [1.29, 1.82) is 0 Å². The van der Waals surface area contributed by atoms with Gasteiger partial charge >= 0.3 is 0 Å². The number of hydrogen-bond donors (Lipinski definition) is 2. The molecule has 0 spiro atoms. The van der Waals surface area contributed by atoms with Gasteiger partial charge < -0.3 is 10.6 Å². The first-order chi connectivity index (χ1) is 9.31. The van der Waals surface area contributed by atoms with E-state index in [1.165, 1.54) is 29.3 Å². The first kappa shape index (κ1) is 12.9. The number of benzene rings is 2. The van der Waals surface area contributed by atoms with E-state index in [0.717, 1.165) is 30.0 Å². The van der Waals surface area contributed by atoms with Gasteiger partial charge in [-0.3, -0.25) is 0 Å². The van der Waals surface area contributed by atoms with Crippen molar-refractivity contribution in [3.05, 3.63) is 40.9 Å². The zero-order chi connectivity index (χ0) is 13.1. The van der Waals surface area contributed by atoms with Crippen LogP contribution in [0.15, 0.2) is 40.9 Å². The molecule has 0 atom stereocenters. The Morgan fingerprint density at radius 1 is 1.05 bits per heavy atom. The lowest BCUT2D eigenvalue weighted by Gasteiger charge is -2.23. The topological polar surface area (TPSA) is 24.1 Å². The summed E-state index contributed by atoms with van der Waals surface area (Å²) in [6.45, 7) is 3.42. The second-order valence-corrected chi connectivity index (χ2v) is 6.20. The van der Waals surface area contributed by atoms with Gasteiger partial charge in [-0.1, -0.05) is 28.1 Å². The average Bonchev–Trinajstić information content (AvgIpc) is 2.46. The van der Waals surface area contributed by atoms with Crippen LogP contribution >= 0.6 is 15.9 Å². The van der Waals surface area contributed by atoms with Gasteiger partial charge in [0.25, 0.3) is 0 Å². The zero-order valence-electron chi connectivity index (χ0n) is 11.0. The van der Waals surface area contributed by atoms with E-state index in [0.29, 0.717) is 0 Å². The minimum absolute atomic E-state index is 0.807. The maximum absolute atomic E-state index is 3.58. The fourth-order valence-corrected chi connectivity index (χ4v) is 3.05. The van der Waals surface area contributed by atoms with Crippen LogP contribution in [0, 0.1) is 5.92 Å². The molecule has 0 aliphatic carbocycles. The normalized spacial score (nSPS) is 16.7. The van der Waals surface area contributed by atoms with Gasteiger partial charge in [0.05, 0.1) is 0 Å². The second-order valence-electron chi connectivity index (χ2n) is 5.28.